The quantitative estimate of drug-likeness (QED) is 0.883. The highest BCUT2D eigenvalue weighted by molar-refractivity contribution is 7.16. The van der Waals surface area contributed by atoms with Crippen LogP contribution < -0.4 is 10.6 Å². The minimum atomic E-state index is 0.368. The summed E-state index contributed by atoms with van der Waals surface area (Å²) in [5, 5.41) is 3.15. The first kappa shape index (κ1) is 9.84. The van der Waals surface area contributed by atoms with Gasteiger partial charge in [-0.05, 0) is 30.2 Å². The van der Waals surface area contributed by atoms with E-state index in [0.29, 0.717) is 5.95 Å². The molecular formula is C11H14N4S. The molecule has 2 heterocycles. The highest BCUT2D eigenvalue weighted by Crippen LogP contribution is 2.33. The highest BCUT2D eigenvalue weighted by Gasteiger charge is 2.24. The van der Waals surface area contributed by atoms with Crippen LogP contribution in [-0.2, 0) is 0 Å². The van der Waals surface area contributed by atoms with E-state index in [9.17, 15) is 0 Å². The largest absolute Gasteiger partial charge is 0.368 e. The molecule has 0 aliphatic heterocycles. The van der Waals surface area contributed by atoms with E-state index in [0.717, 1.165) is 28.5 Å². The minimum Gasteiger partial charge on any atom is -0.368 e. The van der Waals surface area contributed by atoms with E-state index < -0.39 is 0 Å². The van der Waals surface area contributed by atoms with Gasteiger partial charge in [-0.2, -0.15) is 4.98 Å². The van der Waals surface area contributed by atoms with Gasteiger partial charge in [0.15, 0.2) is 0 Å². The van der Waals surface area contributed by atoms with Crippen molar-refractivity contribution < 1.29 is 0 Å². The van der Waals surface area contributed by atoms with E-state index in [4.69, 9.17) is 5.73 Å². The van der Waals surface area contributed by atoms with E-state index in [1.165, 1.54) is 12.8 Å². The molecule has 0 unspecified atom stereocenters. The fourth-order valence-corrected chi connectivity index (χ4v) is 2.69. The molecule has 84 valence electrons. The third kappa shape index (κ3) is 1.71. The Labute approximate surface area is 98.1 Å². The smallest absolute Gasteiger partial charge is 0.223 e. The lowest BCUT2D eigenvalue weighted by Crippen LogP contribution is -2.21. The third-order valence-corrected chi connectivity index (χ3v) is 3.72. The number of rotatable bonds is 3. The Morgan fingerprint density at radius 1 is 1.50 bits per heavy atom. The predicted octanol–water partition coefficient (Wildman–Crippen LogP) is 2.12. The van der Waals surface area contributed by atoms with Crippen LogP contribution in [0.25, 0.3) is 10.2 Å². The topological polar surface area (TPSA) is 55.0 Å². The van der Waals surface area contributed by atoms with E-state index in [2.05, 4.69) is 28.0 Å². The predicted molar refractivity (Wildman–Crippen MR) is 67.8 cm³/mol. The van der Waals surface area contributed by atoms with Gasteiger partial charge in [-0.15, -0.1) is 11.3 Å². The number of hydrogen-bond donors (Lipinski definition) is 1. The monoisotopic (exact) mass is 234 g/mol. The summed E-state index contributed by atoms with van der Waals surface area (Å²) in [7, 11) is 2.08. The molecule has 1 saturated carbocycles. The van der Waals surface area contributed by atoms with Gasteiger partial charge in [0.2, 0.25) is 5.95 Å². The Kier molecular flexibility index (Phi) is 2.21. The van der Waals surface area contributed by atoms with Gasteiger partial charge in [0.1, 0.15) is 10.6 Å². The first-order chi connectivity index (χ1) is 7.74. The number of fused-ring (bicyclic) bond motifs is 1. The summed E-state index contributed by atoms with van der Waals surface area (Å²) < 4.78 is 0. The molecule has 0 amide bonds. The van der Waals surface area contributed by atoms with Gasteiger partial charge in [-0.3, -0.25) is 0 Å². The van der Waals surface area contributed by atoms with Crippen LogP contribution in [0.5, 0.6) is 0 Å². The maximum Gasteiger partial charge on any atom is 0.223 e. The summed E-state index contributed by atoms with van der Waals surface area (Å²) in [4.78, 5) is 11.8. The fourth-order valence-electron chi connectivity index (χ4n) is 1.92. The molecule has 0 radical (unpaired) electrons. The summed E-state index contributed by atoms with van der Waals surface area (Å²) in [6.45, 7) is 1.07. The second-order valence-electron chi connectivity index (χ2n) is 4.37. The molecular weight excluding hydrogens is 220 g/mol. The van der Waals surface area contributed by atoms with Crippen LogP contribution in [0.4, 0.5) is 11.8 Å². The van der Waals surface area contributed by atoms with Crippen molar-refractivity contribution in [1.82, 2.24) is 9.97 Å². The lowest BCUT2D eigenvalue weighted by atomic mass is 10.3. The molecule has 1 aliphatic carbocycles. The molecule has 3 rings (SSSR count). The number of nitrogen functional groups attached to an aromatic ring is 1. The van der Waals surface area contributed by atoms with Gasteiger partial charge in [-0.1, -0.05) is 0 Å². The number of hydrogen-bond acceptors (Lipinski definition) is 5. The standard InChI is InChI=1S/C11H14N4S/c1-15(6-7-2-3-7)9-8-4-5-16-10(8)14-11(12)13-9/h4-5,7H,2-3,6H2,1H3,(H2,12,13,14). The average Bonchev–Trinajstić information content (AvgIpc) is 2.93. The van der Waals surface area contributed by atoms with E-state index in [1.54, 1.807) is 11.3 Å². The molecule has 4 nitrogen and oxygen atoms in total. The zero-order valence-corrected chi connectivity index (χ0v) is 10.00. The number of thiophene rings is 1. The maximum atomic E-state index is 5.73. The molecule has 0 saturated heterocycles. The Morgan fingerprint density at radius 2 is 2.31 bits per heavy atom. The van der Waals surface area contributed by atoms with Gasteiger partial charge in [-0.25, -0.2) is 4.98 Å². The van der Waals surface area contributed by atoms with Crippen LogP contribution in [0.3, 0.4) is 0 Å². The van der Waals surface area contributed by atoms with Crippen LogP contribution in [0.2, 0.25) is 0 Å². The number of nitrogens with two attached hydrogens (primary N) is 1. The Bertz CT molecular complexity index is 518. The normalized spacial score (nSPS) is 15.6. The molecule has 5 heteroatoms. The molecule has 1 aliphatic rings. The van der Waals surface area contributed by atoms with E-state index in [1.807, 2.05) is 5.38 Å². The van der Waals surface area contributed by atoms with Crippen LogP contribution in [0.15, 0.2) is 11.4 Å². The van der Waals surface area contributed by atoms with Gasteiger partial charge < -0.3 is 10.6 Å². The molecule has 1 fully saturated rings. The molecule has 2 N–H and O–H groups in total. The average molecular weight is 234 g/mol. The van der Waals surface area contributed by atoms with Crippen molar-refractivity contribution in [1.29, 1.82) is 0 Å². The fraction of sp³-hybridized carbons (Fsp3) is 0.455. The highest BCUT2D eigenvalue weighted by atomic mass is 32.1. The molecule has 0 bridgehead atoms. The summed E-state index contributed by atoms with van der Waals surface area (Å²) in [6, 6.07) is 2.07. The van der Waals surface area contributed by atoms with Gasteiger partial charge in [0.25, 0.3) is 0 Å². The number of anilines is 2. The van der Waals surface area contributed by atoms with E-state index >= 15 is 0 Å². The number of nitrogens with zero attached hydrogens (tertiary/aromatic N) is 3. The molecule has 0 aromatic carbocycles. The van der Waals surface area contributed by atoms with Gasteiger partial charge in [0, 0.05) is 13.6 Å². The zero-order valence-electron chi connectivity index (χ0n) is 9.18. The van der Waals surface area contributed by atoms with Crippen LogP contribution in [0, 0.1) is 5.92 Å². The van der Waals surface area contributed by atoms with E-state index in [-0.39, 0.29) is 0 Å². The third-order valence-electron chi connectivity index (χ3n) is 2.91. The van der Waals surface area contributed by atoms with Crippen molar-refractivity contribution in [2.75, 3.05) is 24.2 Å². The van der Waals surface area contributed by atoms with Gasteiger partial charge in [0.05, 0.1) is 5.39 Å². The van der Waals surface area contributed by atoms with Crippen LogP contribution >= 0.6 is 11.3 Å². The van der Waals surface area contributed by atoms with Crippen molar-refractivity contribution in [2.45, 2.75) is 12.8 Å². The summed E-state index contributed by atoms with van der Waals surface area (Å²) in [5.74, 6) is 2.18. The second kappa shape index (κ2) is 3.59. The molecule has 16 heavy (non-hydrogen) atoms. The van der Waals surface area contributed by atoms with Crippen molar-refractivity contribution >= 4 is 33.3 Å². The Morgan fingerprint density at radius 3 is 3.06 bits per heavy atom. The second-order valence-corrected chi connectivity index (χ2v) is 5.26. The lowest BCUT2D eigenvalue weighted by molar-refractivity contribution is 0.780. The first-order valence-corrected chi connectivity index (χ1v) is 6.34. The SMILES string of the molecule is CN(CC1CC1)c1nc(N)nc2sccc12. The van der Waals surface area contributed by atoms with Crippen LogP contribution in [0.1, 0.15) is 12.8 Å². The summed E-state index contributed by atoms with van der Waals surface area (Å²) >= 11 is 1.61. The van der Waals surface area contributed by atoms with Gasteiger partial charge >= 0.3 is 0 Å². The maximum absolute atomic E-state index is 5.73. The molecule has 0 atom stereocenters. The first-order valence-electron chi connectivity index (χ1n) is 5.46. The molecule has 2 aromatic rings. The summed E-state index contributed by atoms with van der Waals surface area (Å²) in [6.07, 6.45) is 2.69. The Hall–Kier alpha value is -1.36. The number of aromatic nitrogens is 2. The van der Waals surface area contributed by atoms with Crippen LogP contribution in [-0.4, -0.2) is 23.6 Å². The Balaban J connectivity index is 2.02. The molecule has 0 spiro atoms. The van der Waals surface area contributed by atoms with Crippen molar-refractivity contribution in [3.05, 3.63) is 11.4 Å². The summed E-state index contributed by atoms with van der Waals surface area (Å²) in [5.41, 5.74) is 5.73. The molecule has 2 aromatic heterocycles. The van der Waals surface area contributed by atoms with Crippen molar-refractivity contribution in [3.63, 3.8) is 0 Å². The zero-order chi connectivity index (χ0) is 11.1. The lowest BCUT2D eigenvalue weighted by Gasteiger charge is -2.18. The minimum absolute atomic E-state index is 0.368. The van der Waals surface area contributed by atoms with Crippen molar-refractivity contribution in [2.24, 2.45) is 5.92 Å². The van der Waals surface area contributed by atoms with Crippen molar-refractivity contribution in [3.8, 4) is 0 Å².